The Morgan fingerprint density at radius 2 is 2.05 bits per heavy atom. The summed E-state index contributed by atoms with van der Waals surface area (Å²) in [6.45, 7) is 2.78. The molecule has 0 unspecified atom stereocenters. The summed E-state index contributed by atoms with van der Waals surface area (Å²) in [5.74, 6) is -0.411. The van der Waals surface area contributed by atoms with E-state index in [1.165, 1.54) is 0 Å². The van der Waals surface area contributed by atoms with Crippen LogP contribution >= 0.6 is 0 Å². The molecule has 19 heavy (non-hydrogen) atoms. The Morgan fingerprint density at radius 1 is 1.37 bits per heavy atom. The number of nitrogens with one attached hydrogen (secondary N) is 1. The van der Waals surface area contributed by atoms with Crippen molar-refractivity contribution < 1.29 is 4.79 Å². The van der Waals surface area contributed by atoms with Gasteiger partial charge in [-0.05, 0) is 36.8 Å². The third-order valence-corrected chi connectivity index (χ3v) is 3.03. The minimum absolute atomic E-state index is 0.411. The summed E-state index contributed by atoms with van der Waals surface area (Å²) in [5.41, 5.74) is 8.87. The molecular formula is C14H18N4O. The van der Waals surface area contributed by atoms with E-state index in [9.17, 15) is 4.79 Å². The lowest BCUT2D eigenvalue weighted by Gasteiger charge is -2.06. The van der Waals surface area contributed by atoms with Crippen LogP contribution in [0.2, 0.25) is 0 Å². The Bertz CT molecular complexity index is 572. The van der Waals surface area contributed by atoms with Crippen molar-refractivity contribution in [3.63, 3.8) is 0 Å². The molecule has 100 valence electrons. The van der Waals surface area contributed by atoms with Gasteiger partial charge in [0.05, 0.1) is 17.9 Å². The van der Waals surface area contributed by atoms with Gasteiger partial charge in [0.2, 0.25) is 5.91 Å². The lowest BCUT2D eigenvalue weighted by molar-refractivity contribution is 0.100. The first-order chi connectivity index (χ1) is 9.10. The van der Waals surface area contributed by atoms with Crippen LogP contribution in [-0.2, 0) is 20.0 Å². The first-order valence-corrected chi connectivity index (χ1v) is 6.25. The van der Waals surface area contributed by atoms with E-state index < -0.39 is 5.91 Å². The molecule has 0 radical (unpaired) electrons. The van der Waals surface area contributed by atoms with E-state index in [1.807, 2.05) is 23.9 Å². The summed E-state index contributed by atoms with van der Waals surface area (Å²) in [4.78, 5) is 11.0. The van der Waals surface area contributed by atoms with Crippen LogP contribution in [0.1, 0.15) is 28.7 Å². The lowest BCUT2D eigenvalue weighted by atomic mass is 10.2. The summed E-state index contributed by atoms with van der Waals surface area (Å²) in [7, 11) is 1.94. The number of aryl methyl sites for hydroxylation is 2. The summed E-state index contributed by atoms with van der Waals surface area (Å²) in [6, 6.07) is 9.20. The zero-order chi connectivity index (χ0) is 13.8. The summed E-state index contributed by atoms with van der Waals surface area (Å²) < 4.78 is 1.88. The lowest BCUT2D eigenvalue weighted by Crippen LogP contribution is -2.11. The average Bonchev–Trinajstić information content (AvgIpc) is 2.77. The van der Waals surface area contributed by atoms with E-state index in [-0.39, 0.29) is 0 Å². The molecule has 1 aromatic heterocycles. The first-order valence-electron chi connectivity index (χ1n) is 6.25. The Balaban J connectivity index is 2.01. The smallest absolute Gasteiger partial charge is 0.248 e. The minimum atomic E-state index is -0.411. The number of anilines is 1. The van der Waals surface area contributed by atoms with E-state index >= 15 is 0 Å². The molecule has 1 heterocycles. The van der Waals surface area contributed by atoms with Crippen molar-refractivity contribution in [3.8, 4) is 0 Å². The summed E-state index contributed by atoms with van der Waals surface area (Å²) in [5, 5.41) is 7.69. The van der Waals surface area contributed by atoms with Crippen molar-refractivity contribution >= 4 is 11.6 Å². The third-order valence-electron chi connectivity index (χ3n) is 3.03. The van der Waals surface area contributed by atoms with E-state index in [2.05, 4.69) is 23.4 Å². The number of hydrogen-bond donors (Lipinski definition) is 2. The molecule has 0 fully saturated rings. The molecule has 0 atom stereocenters. The van der Waals surface area contributed by atoms with Crippen LogP contribution < -0.4 is 11.1 Å². The fraction of sp³-hybridized carbons (Fsp3) is 0.286. The van der Waals surface area contributed by atoms with E-state index in [1.54, 1.807) is 12.1 Å². The van der Waals surface area contributed by atoms with E-state index in [0.29, 0.717) is 12.1 Å². The van der Waals surface area contributed by atoms with Crippen LogP contribution in [-0.4, -0.2) is 15.7 Å². The zero-order valence-corrected chi connectivity index (χ0v) is 11.2. The molecular weight excluding hydrogens is 240 g/mol. The van der Waals surface area contributed by atoms with E-state index in [4.69, 9.17) is 5.73 Å². The second-order valence-electron chi connectivity index (χ2n) is 4.40. The van der Waals surface area contributed by atoms with Gasteiger partial charge in [-0.15, -0.1) is 0 Å². The fourth-order valence-electron chi connectivity index (χ4n) is 1.85. The van der Waals surface area contributed by atoms with Crippen LogP contribution in [0.3, 0.4) is 0 Å². The SMILES string of the molecule is CCc1cc(CNc2ccc(C(N)=O)cc2)n(C)n1. The average molecular weight is 258 g/mol. The number of nitrogens with zero attached hydrogens (tertiary/aromatic N) is 2. The number of benzene rings is 1. The molecule has 0 saturated heterocycles. The van der Waals surface area contributed by atoms with Crippen LogP contribution in [0.15, 0.2) is 30.3 Å². The topological polar surface area (TPSA) is 72.9 Å². The number of carbonyl (C=O) groups is 1. The van der Waals surface area contributed by atoms with Gasteiger partial charge in [-0.3, -0.25) is 9.48 Å². The normalized spacial score (nSPS) is 10.4. The highest BCUT2D eigenvalue weighted by molar-refractivity contribution is 5.93. The van der Waals surface area contributed by atoms with Crippen LogP contribution in [0.5, 0.6) is 0 Å². The van der Waals surface area contributed by atoms with Gasteiger partial charge in [0, 0.05) is 18.3 Å². The molecule has 0 spiro atoms. The molecule has 0 aliphatic rings. The Hall–Kier alpha value is -2.30. The van der Waals surface area contributed by atoms with Crippen LogP contribution in [0.25, 0.3) is 0 Å². The van der Waals surface area contributed by atoms with Gasteiger partial charge in [-0.1, -0.05) is 6.92 Å². The van der Waals surface area contributed by atoms with Gasteiger partial charge in [0.1, 0.15) is 0 Å². The monoisotopic (exact) mass is 258 g/mol. The van der Waals surface area contributed by atoms with Crippen LogP contribution in [0.4, 0.5) is 5.69 Å². The number of hydrogen-bond acceptors (Lipinski definition) is 3. The van der Waals surface area contributed by atoms with Gasteiger partial charge in [-0.2, -0.15) is 5.10 Å². The van der Waals surface area contributed by atoms with Gasteiger partial charge in [0.15, 0.2) is 0 Å². The highest BCUT2D eigenvalue weighted by Gasteiger charge is 2.04. The highest BCUT2D eigenvalue weighted by Crippen LogP contribution is 2.11. The maximum absolute atomic E-state index is 11.0. The molecule has 1 amide bonds. The molecule has 2 rings (SSSR count). The van der Waals surface area contributed by atoms with Gasteiger partial charge < -0.3 is 11.1 Å². The third kappa shape index (κ3) is 3.13. The van der Waals surface area contributed by atoms with Crippen molar-refractivity contribution in [2.45, 2.75) is 19.9 Å². The molecule has 0 aliphatic carbocycles. The molecule has 5 heteroatoms. The first kappa shape index (κ1) is 13.1. The molecule has 0 saturated carbocycles. The Kier molecular flexibility index (Phi) is 3.85. The molecule has 5 nitrogen and oxygen atoms in total. The minimum Gasteiger partial charge on any atom is -0.379 e. The van der Waals surface area contributed by atoms with Crippen molar-refractivity contribution in [1.82, 2.24) is 9.78 Å². The maximum Gasteiger partial charge on any atom is 0.248 e. The Labute approximate surface area is 112 Å². The standard InChI is InChI=1S/C14H18N4O/c1-3-11-8-13(18(2)17-11)9-16-12-6-4-10(5-7-12)14(15)19/h4-8,16H,3,9H2,1-2H3,(H2,15,19). The molecule has 0 aliphatic heterocycles. The predicted molar refractivity (Wildman–Crippen MR) is 74.9 cm³/mol. The second kappa shape index (κ2) is 5.56. The van der Waals surface area contributed by atoms with Crippen molar-refractivity contribution in [2.75, 3.05) is 5.32 Å². The molecule has 0 bridgehead atoms. The fourth-order valence-corrected chi connectivity index (χ4v) is 1.85. The van der Waals surface area contributed by atoms with Gasteiger partial charge in [-0.25, -0.2) is 0 Å². The number of aromatic nitrogens is 2. The zero-order valence-electron chi connectivity index (χ0n) is 11.2. The molecule has 1 aromatic carbocycles. The number of rotatable bonds is 5. The van der Waals surface area contributed by atoms with Crippen molar-refractivity contribution in [1.29, 1.82) is 0 Å². The number of primary amides is 1. The summed E-state index contributed by atoms with van der Waals surface area (Å²) in [6.07, 6.45) is 0.932. The van der Waals surface area contributed by atoms with Gasteiger partial charge in [0.25, 0.3) is 0 Å². The van der Waals surface area contributed by atoms with Crippen molar-refractivity contribution in [2.24, 2.45) is 12.8 Å². The number of amides is 1. The Morgan fingerprint density at radius 3 is 2.58 bits per heavy atom. The number of nitrogens with two attached hydrogens (primary N) is 1. The highest BCUT2D eigenvalue weighted by atomic mass is 16.1. The van der Waals surface area contributed by atoms with Crippen LogP contribution in [0, 0.1) is 0 Å². The largest absolute Gasteiger partial charge is 0.379 e. The predicted octanol–water partition coefficient (Wildman–Crippen LogP) is 1.69. The molecule has 3 N–H and O–H groups in total. The quantitative estimate of drug-likeness (QED) is 0.857. The maximum atomic E-state index is 11.0. The summed E-state index contributed by atoms with van der Waals surface area (Å²) >= 11 is 0. The van der Waals surface area contributed by atoms with E-state index in [0.717, 1.165) is 23.5 Å². The van der Waals surface area contributed by atoms with Crippen molar-refractivity contribution in [3.05, 3.63) is 47.3 Å². The molecule has 2 aromatic rings. The second-order valence-corrected chi connectivity index (χ2v) is 4.40. The number of carbonyl (C=O) groups excluding carboxylic acids is 1. The van der Waals surface area contributed by atoms with Gasteiger partial charge >= 0.3 is 0 Å².